The van der Waals surface area contributed by atoms with Crippen LogP contribution in [0.15, 0.2) is 60.0 Å². The van der Waals surface area contributed by atoms with Gasteiger partial charge in [-0.15, -0.1) is 0 Å². The molecule has 2 aromatic carbocycles. The Morgan fingerprint density at radius 2 is 1.76 bits per heavy atom. The molecule has 142 valence electrons. The van der Waals surface area contributed by atoms with Crippen molar-refractivity contribution >= 4 is 22.1 Å². The summed E-state index contributed by atoms with van der Waals surface area (Å²) in [7, 11) is 0. The van der Waals surface area contributed by atoms with Crippen molar-refractivity contribution in [1.82, 2.24) is 29.1 Å². The smallest absolute Gasteiger partial charge is 0.267 e. The van der Waals surface area contributed by atoms with Crippen molar-refractivity contribution in [2.24, 2.45) is 0 Å². The maximum Gasteiger partial charge on any atom is 0.267 e. The summed E-state index contributed by atoms with van der Waals surface area (Å²) in [5.74, 6) is 0.456. The van der Waals surface area contributed by atoms with Gasteiger partial charge in [0.1, 0.15) is 18.2 Å². The zero-order chi connectivity index (χ0) is 20.1. The van der Waals surface area contributed by atoms with E-state index in [-0.39, 0.29) is 5.56 Å². The third-order valence-corrected chi connectivity index (χ3v) is 5.35. The zero-order valence-electron chi connectivity index (χ0n) is 16.3. The summed E-state index contributed by atoms with van der Waals surface area (Å²) in [6, 6.07) is 11.7. The summed E-state index contributed by atoms with van der Waals surface area (Å²) in [6.45, 7) is 5.94. The molecule has 0 fully saturated rings. The highest BCUT2D eigenvalue weighted by Gasteiger charge is 2.19. The molecule has 0 N–H and O–H groups in total. The van der Waals surface area contributed by atoms with Gasteiger partial charge in [0.15, 0.2) is 5.65 Å². The molecule has 0 atom stereocenters. The van der Waals surface area contributed by atoms with Gasteiger partial charge in [-0.2, -0.15) is 0 Å². The highest BCUT2D eigenvalue weighted by molar-refractivity contribution is 5.84. The summed E-state index contributed by atoms with van der Waals surface area (Å²) in [6.07, 6.45) is 4.76. The number of fused-ring (bicyclic) bond motifs is 2. The van der Waals surface area contributed by atoms with E-state index in [4.69, 9.17) is 4.98 Å². The molecule has 7 nitrogen and oxygen atoms in total. The first-order valence-electron chi connectivity index (χ1n) is 9.28. The van der Waals surface area contributed by atoms with Gasteiger partial charge in [-0.1, -0.05) is 24.3 Å². The molecule has 0 spiro atoms. The lowest BCUT2D eigenvalue weighted by Gasteiger charge is -2.17. The van der Waals surface area contributed by atoms with Crippen LogP contribution in [0.3, 0.4) is 0 Å². The minimum Gasteiger partial charge on any atom is -0.268 e. The summed E-state index contributed by atoms with van der Waals surface area (Å²) in [5.41, 5.74) is 5.52. The van der Waals surface area contributed by atoms with Crippen LogP contribution in [0.4, 0.5) is 0 Å². The maximum atomic E-state index is 13.8. The monoisotopic (exact) mass is 382 g/mol. The van der Waals surface area contributed by atoms with Crippen molar-refractivity contribution < 1.29 is 0 Å². The molecular weight excluding hydrogens is 364 g/mol. The first-order valence-corrected chi connectivity index (χ1v) is 9.28. The van der Waals surface area contributed by atoms with E-state index in [1.165, 1.54) is 6.33 Å². The molecule has 0 unspecified atom stereocenters. The van der Waals surface area contributed by atoms with Gasteiger partial charge in [0.25, 0.3) is 5.56 Å². The van der Waals surface area contributed by atoms with E-state index in [1.54, 1.807) is 21.7 Å². The highest BCUT2D eigenvalue weighted by Crippen LogP contribution is 2.23. The second-order valence-corrected chi connectivity index (χ2v) is 7.09. The summed E-state index contributed by atoms with van der Waals surface area (Å²) >= 11 is 0. The molecule has 0 saturated carbocycles. The Bertz CT molecular complexity index is 1460. The van der Waals surface area contributed by atoms with Crippen molar-refractivity contribution in [3.05, 3.63) is 82.3 Å². The average molecular weight is 382 g/mol. The second-order valence-electron chi connectivity index (χ2n) is 7.09. The molecule has 5 aromatic rings. The highest BCUT2D eigenvalue weighted by atomic mass is 16.1. The van der Waals surface area contributed by atoms with Crippen molar-refractivity contribution in [3.63, 3.8) is 0 Å². The fraction of sp³-hybridized carbons (Fsp3) is 0.136. The Kier molecular flexibility index (Phi) is 3.77. The SMILES string of the molecule is Cc1ccccc1-n1c(-n2cnc3ncncc32)nc2ccc(C)c(C)c2c1=O. The maximum absolute atomic E-state index is 13.8. The molecule has 5 rings (SSSR count). The lowest BCUT2D eigenvalue weighted by Crippen LogP contribution is -2.26. The van der Waals surface area contributed by atoms with Gasteiger partial charge in [-0.05, 0) is 49.6 Å². The number of benzene rings is 2. The topological polar surface area (TPSA) is 78.5 Å². The summed E-state index contributed by atoms with van der Waals surface area (Å²) in [5, 5.41) is 0.623. The third-order valence-electron chi connectivity index (χ3n) is 5.35. The predicted molar refractivity (Wildman–Crippen MR) is 112 cm³/mol. The van der Waals surface area contributed by atoms with E-state index in [9.17, 15) is 4.79 Å². The van der Waals surface area contributed by atoms with Gasteiger partial charge in [-0.3, -0.25) is 9.36 Å². The van der Waals surface area contributed by atoms with Crippen LogP contribution >= 0.6 is 0 Å². The van der Waals surface area contributed by atoms with Crippen LogP contribution in [0.1, 0.15) is 16.7 Å². The van der Waals surface area contributed by atoms with Crippen molar-refractivity contribution in [1.29, 1.82) is 0 Å². The third kappa shape index (κ3) is 2.55. The normalized spacial score (nSPS) is 11.4. The van der Waals surface area contributed by atoms with Gasteiger partial charge >= 0.3 is 0 Å². The standard InChI is InChI=1S/C22H18N6O/c1-13-8-9-16-19(15(13)3)21(29)28(17-7-5-4-6-14(17)2)22(26-16)27-12-25-20-18(27)10-23-11-24-20/h4-12H,1-3H3. The minimum atomic E-state index is -0.112. The number of rotatable bonds is 2. The van der Waals surface area contributed by atoms with Gasteiger partial charge in [0.05, 0.1) is 22.8 Å². The molecule has 7 heteroatoms. The Balaban J connectivity index is 1.98. The summed E-state index contributed by atoms with van der Waals surface area (Å²) in [4.78, 5) is 31.3. The number of aryl methyl sites for hydroxylation is 3. The van der Waals surface area contributed by atoms with E-state index < -0.39 is 0 Å². The van der Waals surface area contributed by atoms with Gasteiger partial charge in [0, 0.05) is 0 Å². The van der Waals surface area contributed by atoms with Crippen molar-refractivity contribution in [3.8, 4) is 11.6 Å². The first kappa shape index (κ1) is 17.2. The Morgan fingerprint density at radius 3 is 2.59 bits per heavy atom. The zero-order valence-corrected chi connectivity index (χ0v) is 16.3. The molecule has 29 heavy (non-hydrogen) atoms. The van der Waals surface area contributed by atoms with Crippen LogP contribution in [0.5, 0.6) is 0 Å². The van der Waals surface area contributed by atoms with Gasteiger partial charge in [-0.25, -0.2) is 24.5 Å². The number of hydrogen-bond acceptors (Lipinski definition) is 5. The Morgan fingerprint density at radius 1 is 0.931 bits per heavy atom. The lowest BCUT2D eigenvalue weighted by atomic mass is 10.1. The fourth-order valence-electron chi connectivity index (χ4n) is 3.64. The van der Waals surface area contributed by atoms with Crippen molar-refractivity contribution in [2.75, 3.05) is 0 Å². The van der Waals surface area contributed by atoms with Crippen LogP contribution in [-0.2, 0) is 0 Å². The first-order chi connectivity index (χ1) is 14.1. The number of para-hydroxylation sites is 1. The van der Waals surface area contributed by atoms with Crippen LogP contribution in [0.2, 0.25) is 0 Å². The van der Waals surface area contributed by atoms with Crippen LogP contribution < -0.4 is 5.56 Å². The van der Waals surface area contributed by atoms with Crippen LogP contribution in [0.25, 0.3) is 33.7 Å². The van der Waals surface area contributed by atoms with Crippen molar-refractivity contribution in [2.45, 2.75) is 20.8 Å². The Hall–Kier alpha value is -3.87. The molecule has 0 aliphatic carbocycles. The Labute approximate surface area is 166 Å². The van der Waals surface area contributed by atoms with E-state index in [0.29, 0.717) is 28.0 Å². The number of hydrogen-bond donors (Lipinski definition) is 0. The number of imidazole rings is 1. The van der Waals surface area contributed by atoms with Gasteiger partial charge in [0.2, 0.25) is 5.95 Å². The summed E-state index contributed by atoms with van der Waals surface area (Å²) < 4.78 is 3.41. The predicted octanol–water partition coefficient (Wildman–Crippen LogP) is 3.44. The molecule has 0 radical (unpaired) electrons. The molecule has 3 aromatic heterocycles. The van der Waals surface area contributed by atoms with Crippen LogP contribution in [0, 0.1) is 20.8 Å². The largest absolute Gasteiger partial charge is 0.268 e. The van der Waals surface area contributed by atoms with Crippen LogP contribution in [-0.4, -0.2) is 29.1 Å². The molecule has 0 aliphatic rings. The van der Waals surface area contributed by atoms with E-state index in [1.807, 2.05) is 57.2 Å². The van der Waals surface area contributed by atoms with E-state index >= 15 is 0 Å². The average Bonchev–Trinajstić information content (AvgIpc) is 3.15. The lowest BCUT2D eigenvalue weighted by molar-refractivity contribution is 0.849. The fourth-order valence-corrected chi connectivity index (χ4v) is 3.64. The molecule has 0 aliphatic heterocycles. The van der Waals surface area contributed by atoms with E-state index in [2.05, 4.69) is 15.0 Å². The number of aromatic nitrogens is 6. The minimum absolute atomic E-state index is 0.112. The van der Waals surface area contributed by atoms with E-state index in [0.717, 1.165) is 22.4 Å². The molecule has 0 saturated heterocycles. The quantitative estimate of drug-likeness (QED) is 0.467. The molecular formula is C22H18N6O. The second kappa shape index (κ2) is 6.34. The number of nitrogens with zero attached hydrogens (tertiary/aromatic N) is 6. The molecule has 0 bridgehead atoms. The molecule has 3 heterocycles. The van der Waals surface area contributed by atoms with Gasteiger partial charge < -0.3 is 0 Å². The molecule has 0 amide bonds.